The van der Waals surface area contributed by atoms with Crippen LogP contribution in [0.1, 0.15) is 31.7 Å². The van der Waals surface area contributed by atoms with Gasteiger partial charge in [-0.25, -0.2) is 4.79 Å². The molecule has 6 nitrogen and oxygen atoms in total. The third-order valence-electron chi connectivity index (χ3n) is 4.48. The fourth-order valence-electron chi connectivity index (χ4n) is 3.03. The summed E-state index contributed by atoms with van der Waals surface area (Å²) in [5.74, 6) is 0.115. The van der Waals surface area contributed by atoms with Gasteiger partial charge in [-0.15, -0.1) is 0 Å². The summed E-state index contributed by atoms with van der Waals surface area (Å²) in [7, 11) is 0. The molecular formula is C20H23NO5. The molecule has 26 heavy (non-hydrogen) atoms. The number of ether oxygens (including phenoxy) is 4. The number of unbranched alkanes of at least 4 members (excludes halogenated alkanes) is 1. The predicted octanol–water partition coefficient (Wildman–Crippen LogP) is 2.87. The number of esters is 1. The number of hydrogen-bond donors (Lipinski definition) is 0. The van der Waals surface area contributed by atoms with E-state index in [-0.39, 0.29) is 17.8 Å². The molecule has 2 saturated heterocycles. The van der Waals surface area contributed by atoms with E-state index >= 15 is 0 Å². The van der Waals surface area contributed by atoms with E-state index in [1.54, 1.807) is 12.1 Å². The normalized spacial score (nSPS) is 24.8. The van der Waals surface area contributed by atoms with Crippen LogP contribution in [0.3, 0.4) is 0 Å². The Kier molecular flexibility index (Phi) is 6.26. The predicted molar refractivity (Wildman–Crippen MR) is 94.4 cm³/mol. The second kappa shape index (κ2) is 8.84. The molecule has 0 aromatic heterocycles. The molecule has 0 bridgehead atoms. The first-order valence-corrected chi connectivity index (χ1v) is 9.00. The first-order valence-electron chi connectivity index (χ1n) is 9.00. The van der Waals surface area contributed by atoms with Crippen molar-refractivity contribution in [2.45, 2.75) is 44.5 Å². The van der Waals surface area contributed by atoms with Gasteiger partial charge in [-0.3, -0.25) is 0 Å². The fraction of sp³-hybridized carbons (Fsp3) is 0.500. The van der Waals surface area contributed by atoms with Gasteiger partial charge in [-0.05, 0) is 36.6 Å². The van der Waals surface area contributed by atoms with Gasteiger partial charge in [0.25, 0.3) is 0 Å². The number of rotatable bonds is 7. The average molecular weight is 357 g/mol. The maximum atomic E-state index is 12.3. The first kappa shape index (κ1) is 18.4. The molecule has 0 saturated carbocycles. The van der Waals surface area contributed by atoms with Crippen molar-refractivity contribution < 1.29 is 23.7 Å². The van der Waals surface area contributed by atoms with Crippen molar-refractivity contribution >= 4 is 12.0 Å². The van der Waals surface area contributed by atoms with Gasteiger partial charge in [0, 0.05) is 6.61 Å². The van der Waals surface area contributed by atoms with Gasteiger partial charge in [0.1, 0.15) is 23.5 Å². The van der Waals surface area contributed by atoms with E-state index in [1.807, 2.05) is 18.2 Å². The standard InChI is InChI=1S/C20H23NO5/c1-2-3-9-23-16-6-4-14(5-7-16)11-15(12-21)20(22)26-18-13-25-17-8-10-24-19(17)18/h4-7,11,17-19H,2-3,8-10,13H2,1H3/b15-11+/t17?,18-,19+/m1/s1. The summed E-state index contributed by atoms with van der Waals surface area (Å²) < 4.78 is 22.2. The first-order chi connectivity index (χ1) is 12.7. The molecule has 3 atom stereocenters. The lowest BCUT2D eigenvalue weighted by molar-refractivity contribution is -0.148. The van der Waals surface area contributed by atoms with Crippen molar-refractivity contribution in [3.8, 4) is 11.8 Å². The Bertz CT molecular complexity index is 691. The Hall–Kier alpha value is -2.36. The zero-order valence-electron chi connectivity index (χ0n) is 14.8. The van der Waals surface area contributed by atoms with E-state index in [4.69, 9.17) is 18.9 Å². The lowest BCUT2D eigenvalue weighted by atomic mass is 10.1. The molecule has 2 heterocycles. The zero-order chi connectivity index (χ0) is 18.4. The number of nitriles is 1. The number of nitrogens with zero attached hydrogens (tertiary/aromatic N) is 1. The van der Waals surface area contributed by atoms with E-state index in [2.05, 4.69) is 6.92 Å². The molecule has 1 aromatic carbocycles. The minimum absolute atomic E-state index is 0.0115. The number of carbonyl (C=O) groups is 1. The van der Waals surface area contributed by atoms with Crippen LogP contribution in [0.5, 0.6) is 5.75 Å². The molecule has 2 fully saturated rings. The smallest absolute Gasteiger partial charge is 0.349 e. The van der Waals surface area contributed by atoms with Gasteiger partial charge >= 0.3 is 5.97 Å². The lowest BCUT2D eigenvalue weighted by Gasteiger charge is -2.16. The third-order valence-corrected chi connectivity index (χ3v) is 4.48. The molecule has 2 aliphatic rings. The SMILES string of the molecule is CCCCOc1ccc(/C=C(\C#N)C(=O)O[C@@H]2COC3CCO[C@@H]32)cc1. The van der Waals surface area contributed by atoms with Crippen LogP contribution in [-0.4, -0.2) is 44.1 Å². The highest BCUT2D eigenvalue weighted by molar-refractivity contribution is 5.98. The van der Waals surface area contributed by atoms with Crippen molar-refractivity contribution in [1.82, 2.24) is 0 Å². The van der Waals surface area contributed by atoms with Crippen LogP contribution in [0.4, 0.5) is 0 Å². The van der Waals surface area contributed by atoms with E-state index in [9.17, 15) is 10.1 Å². The molecule has 1 aromatic rings. The summed E-state index contributed by atoms with van der Waals surface area (Å²) in [5.41, 5.74) is 0.685. The minimum Gasteiger partial charge on any atom is -0.494 e. The molecular weight excluding hydrogens is 334 g/mol. The maximum absolute atomic E-state index is 12.3. The summed E-state index contributed by atoms with van der Waals surface area (Å²) in [6, 6.07) is 9.17. The second-order valence-corrected chi connectivity index (χ2v) is 6.38. The van der Waals surface area contributed by atoms with E-state index < -0.39 is 12.1 Å². The summed E-state index contributed by atoms with van der Waals surface area (Å²) in [5, 5.41) is 9.31. The van der Waals surface area contributed by atoms with Crippen molar-refractivity contribution in [2.75, 3.05) is 19.8 Å². The van der Waals surface area contributed by atoms with E-state index in [0.29, 0.717) is 19.8 Å². The quantitative estimate of drug-likeness (QED) is 0.323. The van der Waals surface area contributed by atoms with Gasteiger partial charge in [-0.1, -0.05) is 25.5 Å². The molecule has 6 heteroatoms. The molecule has 0 amide bonds. The summed E-state index contributed by atoms with van der Waals surface area (Å²) in [6.45, 7) is 3.70. The Morgan fingerprint density at radius 3 is 2.88 bits per heavy atom. The number of hydrogen-bond acceptors (Lipinski definition) is 6. The topological polar surface area (TPSA) is 77.8 Å². The van der Waals surface area contributed by atoms with Crippen LogP contribution < -0.4 is 4.74 Å². The Labute approximate surface area is 153 Å². The average Bonchev–Trinajstić information content (AvgIpc) is 3.26. The summed E-state index contributed by atoms with van der Waals surface area (Å²) >= 11 is 0. The van der Waals surface area contributed by atoms with Gasteiger partial charge < -0.3 is 18.9 Å². The molecule has 0 aliphatic carbocycles. The van der Waals surface area contributed by atoms with Crippen LogP contribution in [0.15, 0.2) is 29.8 Å². The molecule has 2 aliphatic heterocycles. The van der Waals surface area contributed by atoms with Crippen LogP contribution >= 0.6 is 0 Å². The van der Waals surface area contributed by atoms with Gasteiger partial charge in [-0.2, -0.15) is 5.26 Å². The summed E-state index contributed by atoms with van der Waals surface area (Å²) in [4.78, 5) is 12.3. The Morgan fingerprint density at radius 2 is 2.15 bits per heavy atom. The molecule has 3 rings (SSSR count). The van der Waals surface area contributed by atoms with Gasteiger partial charge in [0.05, 0.1) is 19.3 Å². The monoisotopic (exact) mass is 357 g/mol. The molecule has 138 valence electrons. The molecule has 0 radical (unpaired) electrons. The minimum atomic E-state index is -0.652. The van der Waals surface area contributed by atoms with Crippen molar-refractivity contribution in [1.29, 1.82) is 5.26 Å². The largest absolute Gasteiger partial charge is 0.494 e. The Balaban J connectivity index is 1.60. The number of fused-ring (bicyclic) bond motifs is 1. The van der Waals surface area contributed by atoms with E-state index in [1.165, 1.54) is 6.08 Å². The van der Waals surface area contributed by atoms with Crippen LogP contribution in [0.25, 0.3) is 6.08 Å². The van der Waals surface area contributed by atoms with Crippen molar-refractivity contribution in [3.63, 3.8) is 0 Å². The number of carbonyl (C=O) groups excluding carboxylic acids is 1. The Morgan fingerprint density at radius 1 is 1.35 bits per heavy atom. The third kappa shape index (κ3) is 4.43. The van der Waals surface area contributed by atoms with Gasteiger partial charge in [0.2, 0.25) is 0 Å². The van der Waals surface area contributed by atoms with Crippen molar-refractivity contribution in [3.05, 3.63) is 35.4 Å². The highest BCUT2D eigenvalue weighted by Gasteiger charge is 2.44. The molecule has 0 N–H and O–H groups in total. The maximum Gasteiger partial charge on any atom is 0.349 e. The molecule has 0 spiro atoms. The van der Waals surface area contributed by atoms with Crippen LogP contribution in [-0.2, 0) is 19.0 Å². The highest BCUT2D eigenvalue weighted by Crippen LogP contribution is 2.29. The summed E-state index contributed by atoms with van der Waals surface area (Å²) in [6.07, 6.45) is 3.71. The van der Waals surface area contributed by atoms with E-state index in [0.717, 1.165) is 30.6 Å². The molecule has 1 unspecified atom stereocenters. The lowest BCUT2D eigenvalue weighted by Crippen LogP contribution is -2.32. The fourth-order valence-corrected chi connectivity index (χ4v) is 3.03. The van der Waals surface area contributed by atoms with Crippen LogP contribution in [0, 0.1) is 11.3 Å². The second-order valence-electron chi connectivity index (χ2n) is 6.38. The van der Waals surface area contributed by atoms with Crippen molar-refractivity contribution in [2.24, 2.45) is 0 Å². The van der Waals surface area contributed by atoms with Crippen LogP contribution in [0.2, 0.25) is 0 Å². The number of benzene rings is 1. The zero-order valence-corrected chi connectivity index (χ0v) is 14.8. The highest BCUT2D eigenvalue weighted by atomic mass is 16.6. The van der Waals surface area contributed by atoms with Gasteiger partial charge in [0.15, 0.2) is 6.10 Å².